The van der Waals surface area contributed by atoms with Crippen LogP contribution < -0.4 is 16.4 Å². The molecule has 3 heterocycles. The Morgan fingerprint density at radius 1 is 0.822 bits per heavy atom. The van der Waals surface area contributed by atoms with Gasteiger partial charge in [0, 0.05) is 31.2 Å². The number of rotatable bonds is 5. The molecule has 9 heteroatoms. The van der Waals surface area contributed by atoms with Gasteiger partial charge in [-0.05, 0) is 79.6 Å². The van der Waals surface area contributed by atoms with Crippen molar-refractivity contribution in [1.29, 1.82) is 0 Å². The van der Waals surface area contributed by atoms with Gasteiger partial charge in [-0.3, -0.25) is 14.5 Å². The van der Waals surface area contributed by atoms with Crippen LogP contribution in [0.3, 0.4) is 0 Å². The van der Waals surface area contributed by atoms with Gasteiger partial charge < -0.3 is 16.2 Å². The van der Waals surface area contributed by atoms with Gasteiger partial charge in [-0.1, -0.05) is 60.7 Å². The van der Waals surface area contributed by atoms with E-state index in [4.69, 9.17) is 11.5 Å². The van der Waals surface area contributed by atoms with Crippen molar-refractivity contribution in [3.63, 3.8) is 0 Å². The molecule has 1 aromatic heterocycles. The number of pyridine rings is 1. The maximum atomic E-state index is 12.9. The van der Waals surface area contributed by atoms with Gasteiger partial charge in [-0.2, -0.15) is 0 Å². The molecule has 1 aliphatic carbocycles. The second-order valence-electron chi connectivity index (χ2n) is 12.8. The maximum Gasteiger partial charge on any atom is 0.405 e. The zero-order valence-corrected chi connectivity index (χ0v) is 25.6. The van der Waals surface area contributed by atoms with Crippen molar-refractivity contribution in [3.05, 3.63) is 108 Å². The van der Waals surface area contributed by atoms with Crippen LogP contribution >= 0.6 is 0 Å². The average molecular weight is 604 g/mol. The lowest BCUT2D eigenvalue weighted by atomic mass is 10.0. The first-order valence-corrected chi connectivity index (χ1v) is 15.1. The van der Waals surface area contributed by atoms with Crippen molar-refractivity contribution in [1.82, 2.24) is 9.88 Å². The number of anilines is 1. The van der Waals surface area contributed by atoms with Gasteiger partial charge in [-0.25, -0.2) is 14.7 Å². The summed E-state index contributed by atoms with van der Waals surface area (Å²) in [5.41, 5.74) is 16.4. The zero-order valence-electron chi connectivity index (χ0n) is 25.6. The number of hydrogen-bond donors (Lipinski definition) is 2. The number of nitrogens with two attached hydrogens (primary N) is 2. The third-order valence-electron chi connectivity index (χ3n) is 8.35. The molecule has 1 saturated heterocycles. The number of hydrogen-bond acceptors (Lipinski definition) is 7. The van der Waals surface area contributed by atoms with E-state index in [0.29, 0.717) is 40.5 Å². The Kier molecular flexibility index (Phi) is 7.99. The minimum Gasteiger partial charge on any atom is -0.444 e. The van der Waals surface area contributed by atoms with Crippen LogP contribution in [-0.4, -0.2) is 52.5 Å². The Morgan fingerprint density at radius 2 is 1.42 bits per heavy atom. The Labute approximate surface area is 262 Å². The number of imide groups is 1. The Hall–Kier alpha value is -4.86. The smallest absolute Gasteiger partial charge is 0.405 e. The van der Waals surface area contributed by atoms with Gasteiger partial charge in [0.25, 0.3) is 11.8 Å². The number of primary amides is 1. The summed E-state index contributed by atoms with van der Waals surface area (Å²) in [6, 6.07) is 29.7. The first-order valence-electron chi connectivity index (χ1n) is 15.1. The van der Waals surface area contributed by atoms with Crippen LogP contribution in [0, 0.1) is 11.8 Å². The standard InChI is InChI=1S/C31H26N4O2.C5H11NO2/c32-29-25-17-34(18-26(25)29)16-19-5-3-6-22(15-19)20-11-13-21(14-12-20)27-9-4-10-28(33-27)35-30(36)23-7-1-2-8-24(23)31(35)37;1-5(2,3)8-4(6)7/h1-15,25-26,29H,16-18,32H2;1-3H3,(H2,6,7). The third-order valence-corrected chi connectivity index (χ3v) is 8.35. The SMILES string of the molecule is CC(C)(C)OC(N)=O.NC1C2CN(Cc3cccc(-c4ccc(-c5cccc(N6C(=O)c7ccccc7C6=O)n5)cc4)c3)CC12. The lowest BCUT2D eigenvalue weighted by molar-refractivity contribution is 0.0599. The Morgan fingerprint density at radius 3 is 2.00 bits per heavy atom. The second kappa shape index (κ2) is 11.9. The molecule has 4 aromatic rings. The number of fused-ring (bicyclic) bond motifs is 2. The van der Waals surface area contributed by atoms with E-state index in [-0.39, 0.29) is 11.8 Å². The Balaban J connectivity index is 0.000000397. The maximum absolute atomic E-state index is 12.9. The molecule has 230 valence electrons. The number of amides is 3. The van der Waals surface area contributed by atoms with E-state index in [2.05, 4.69) is 51.0 Å². The molecule has 4 N–H and O–H groups in total. The van der Waals surface area contributed by atoms with Crippen molar-refractivity contribution in [2.24, 2.45) is 23.3 Å². The summed E-state index contributed by atoms with van der Waals surface area (Å²) in [6.07, 6.45) is -0.725. The molecule has 2 atom stereocenters. The Bertz CT molecular complexity index is 1720. The normalized spacial score (nSPS) is 20.3. The van der Waals surface area contributed by atoms with Crippen LogP contribution in [0.1, 0.15) is 47.1 Å². The molecule has 9 nitrogen and oxygen atoms in total. The van der Waals surface area contributed by atoms with Crippen LogP contribution in [-0.2, 0) is 11.3 Å². The number of ether oxygens (including phenoxy) is 1. The summed E-state index contributed by atoms with van der Waals surface area (Å²) in [5.74, 6) is 1.05. The molecule has 0 bridgehead atoms. The van der Waals surface area contributed by atoms with Gasteiger partial charge in [0.15, 0.2) is 0 Å². The molecule has 3 aromatic carbocycles. The van der Waals surface area contributed by atoms with Crippen molar-refractivity contribution in [2.75, 3.05) is 18.0 Å². The van der Waals surface area contributed by atoms with E-state index >= 15 is 0 Å². The van der Waals surface area contributed by atoms with Crippen molar-refractivity contribution in [2.45, 2.75) is 39.0 Å². The number of carbonyl (C=O) groups excluding carboxylic acids is 3. The largest absolute Gasteiger partial charge is 0.444 e. The molecule has 7 rings (SSSR count). The van der Waals surface area contributed by atoms with Crippen molar-refractivity contribution < 1.29 is 19.1 Å². The number of nitrogens with zero attached hydrogens (tertiary/aromatic N) is 3. The highest BCUT2D eigenvalue weighted by Crippen LogP contribution is 2.44. The lowest BCUT2D eigenvalue weighted by Crippen LogP contribution is -2.30. The number of benzene rings is 3. The summed E-state index contributed by atoms with van der Waals surface area (Å²) in [5, 5.41) is 0. The summed E-state index contributed by atoms with van der Waals surface area (Å²) in [6.45, 7) is 8.46. The van der Waals surface area contributed by atoms with Crippen LogP contribution in [0.4, 0.5) is 10.6 Å². The van der Waals surface area contributed by atoms with Crippen molar-refractivity contribution >= 4 is 23.7 Å². The van der Waals surface area contributed by atoms with Gasteiger partial charge in [0.05, 0.1) is 16.8 Å². The molecule has 2 unspecified atom stereocenters. The minimum atomic E-state index is -0.725. The van der Waals surface area contributed by atoms with Gasteiger partial charge in [0.1, 0.15) is 11.4 Å². The average Bonchev–Trinajstić information content (AvgIpc) is 3.30. The molecule has 2 aliphatic heterocycles. The molecule has 0 spiro atoms. The number of carbonyl (C=O) groups is 3. The highest BCUT2D eigenvalue weighted by atomic mass is 16.6. The molecular formula is C36H37N5O4. The number of aromatic nitrogens is 1. The molecule has 1 saturated carbocycles. The van der Waals surface area contributed by atoms with E-state index in [0.717, 1.165) is 35.7 Å². The van der Waals surface area contributed by atoms with Gasteiger partial charge in [0.2, 0.25) is 0 Å². The topological polar surface area (TPSA) is 132 Å². The van der Waals surface area contributed by atoms with Gasteiger partial charge in [-0.15, -0.1) is 0 Å². The number of likely N-dealkylation sites (tertiary alicyclic amines) is 1. The predicted octanol–water partition coefficient (Wildman–Crippen LogP) is 5.49. The fourth-order valence-corrected chi connectivity index (χ4v) is 6.14. The molecule has 2 fully saturated rings. The molecular weight excluding hydrogens is 566 g/mol. The summed E-state index contributed by atoms with van der Waals surface area (Å²) >= 11 is 0. The van der Waals surface area contributed by atoms with Crippen LogP contribution in [0.25, 0.3) is 22.4 Å². The lowest BCUT2D eigenvalue weighted by Gasteiger charge is -2.19. The van der Waals surface area contributed by atoms with E-state index in [1.165, 1.54) is 11.1 Å². The van der Waals surface area contributed by atoms with Crippen LogP contribution in [0.2, 0.25) is 0 Å². The summed E-state index contributed by atoms with van der Waals surface area (Å²) in [4.78, 5) is 44.1. The fourth-order valence-electron chi connectivity index (χ4n) is 6.14. The van der Waals surface area contributed by atoms with Crippen LogP contribution in [0.5, 0.6) is 0 Å². The van der Waals surface area contributed by atoms with E-state index in [1.54, 1.807) is 51.1 Å². The monoisotopic (exact) mass is 603 g/mol. The third kappa shape index (κ3) is 6.50. The first kappa shape index (κ1) is 30.2. The van der Waals surface area contributed by atoms with Crippen LogP contribution in [0.15, 0.2) is 91.0 Å². The van der Waals surface area contributed by atoms with E-state index in [1.807, 2.05) is 24.3 Å². The molecule has 45 heavy (non-hydrogen) atoms. The predicted molar refractivity (Wildman–Crippen MR) is 173 cm³/mol. The minimum absolute atomic E-state index is 0.334. The fraction of sp³-hybridized carbons (Fsp3) is 0.278. The first-order chi connectivity index (χ1) is 21.5. The quantitative estimate of drug-likeness (QED) is 0.289. The highest BCUT2D eigenvalue weighted by Gasteiger charge is 2.53. The van der Waals surface area contributed by atoms with Gasteiger partial charge >= 0.3 is 6.09 Å². The van der Waals surface area contributed by atoms with E-state index < -0.39 is 11.7 Å². The molecule has 3 amide bonds. The second-order valence-corrected chi connectivity index (χ2v) is 12.8. The molecule has 0 radical (unpaired) electrons. The highest BCUT2D eigenvalue weighted by molar-refractivity contribution is 6.34. The number of piperidine rings is 1. The summed E-state index contributed by atoms with van der Waals surface area (Å²) < 4.78 is 4.58. The van der Waals surface area contributed by atoms with Crippen molar-refractivity contribution in [3.8, 4) is 22.4 Å². The molecule has 3 aliphatic rings. The summed E-state index contributed by atoms with van der Waals surface area (Å²) in [7, 11) is 0. The van der Waals surface area contributed by atoms with E-state index in [9.17, 15) is 14.4 Å². The zero-order chi connectivity index (χ0) is 31.9.